The van der Waals surface area contributed by atoms with Gasteiger partial charge in [-0.05, 0) is 36.5 Å². The second-order valence-corrected chi connectivity index (χ2v) is 3.81. The molecule has 4 nitrogen and oxygen atoms in total. The highest BCUT2D eigenvalue weighted by Crippen LogP contribution is 2.10. The van der Waals surface area contributed by atoms with E-state index >= 15 is 0 Å². The standard InChI is InChI=1S/C12H12N4S/c13-12(17)15-14-9-11-7-4-8-16(11)10-5-2-1-3-6-10/h1-9H,(H3,13,15,17)/b14-9-. The summed E-state index contributed by atoms with van der Waals surface area (Å²) < 4.78 is 2.02. The van der Waals surface area contributed by atoms with Crippen molar-refractivity contribution in [3.05, 3.63) is 54.4 Å². The molecule has 0 aliphatic heterocycles. The van der Waals surface area contributed by atoms with Crippen LogP contribution >= 0.6 is 12.2 Å². The van der Waals surface area contributed by atoms with E-state index in [2.05, 4.69) is 22.7 Å². The normalized spacial score (nSPS) is 10.6. The first-order valence-corrected chi connectivity index (χ1v) is 5.49. The van der Waals surface area contributed by atoms with Crippen molar-refractivity contribution < 1.29 is 0 Å². The Morgan fingerprint density at radius 1 is 1.24 bits per heavy atom. The second kappa shape index (κ2) is 5.27. The minimum atomic E-state index is 0.152. The summed E-state index contributed by atoms with van der Waals surface area (Å²) in [5, 5.41) is 4.09. The maximum atomic E-state index is 5.28. The molecule has 0 amide bonds. The van der Waals surface area contributed by atoms with Gasteiger partial charge in [-0.25, -0.2) is 0 Å². The van der Waals surface area contributed by atoms with Crippen molar-refractivity contribution in [2.75, 3.05) is 0 Å². The lowest BCUT2D eigenvalue weighted by molar-refractivity contribution is 1.02. The molecule has 0 bridgehead atoms. The molecule has 0 fully saturated rings. The van der Waals surface area contributed by atoms with Crippen LogP contribution in [-0.4, -0.2) is 15.9 Å². The van der Waals surface area contributed by atoms with E-state index in [4.69, 9.17) is 5.73 Å². The van der Waals surface area contributed by atoms with Crippen molar-refractivity contribution >= 4 is 23.5 Å². The lowest BCUT2D eigenvalue weighted by atomic mass is 10.3. The van der Waals surface area contributed by atoms with Crippen LogP contribution < -0.4 is 11.2 Å². The molecule has 0 saturated carbocycles. The number of hydrogen-bond donors (Lipinski definition) is 2. The number of aromatic nitrogens is 1. The van der Waals surface area contributed by atoms with Crippen LogP contribution in [0, 0.1) is 0 Å². The van der Waals surface area contributed by atoms with Crippen molar-refractivity contribution in [2.45, 2.75) is 0 Å². The summed E-state index contributed by atoms with van der Waals surface area (Å²) >= 11 is 4.66. The van der Waals surface area contributed by atoms with E-state index in [1.54, 1.807) is 6.21 Å². The van der Waals surface area contributed by atoms with Crippen molar-refractivity contribution in [3.63, 3.8) is 0 Å². The number of hydrazone groups is 1. The molecule has 0 radical (unpaired) electrons. The Hall–Kier alpha value is -2.14. The molecule has 0 aliphatic rings. The number of rotatable bonds is 3. The lowest BCUT2D eigenvalue weighted by Gasteiger charge is -2.05. The van der Waals surface area contributed by atoms with Crippen LogP contribution in [0.4, 0.5) is 0 Å². The van der Waals surface area contributed by atoms with Gasteiger partial charge in [0.15, 0.2) is 5.11 Å². The van der Waals surface area contributed by atoms with E-state index in [-0.39, 0.29) is 5.11 Å². The number of benzene rings is 1. The maximum Gasteiger partial charge on any atom is 0.184 e. The molecule has 0 atom stereocenters. The number of hydrogen-bond acceptors (Lipinski definition) is 2. The zero-order valence-corrected chi connectivity index (χ0v) is 9.89. The number of nitrogens with one attached hydrogen (secondary N) is 1. The molecule has 1 aromatic heterocycles. The quantitative estimate of drug-likeness (QED) is 0.490. The SMILES string of the molecule is NC(=S)N/N=C\c1cccn1-c1ccccc1. The molecule has 0 spiro atoms. The smallest absolute Gasteiger partial charge is 0.184 e. The van der Waals surface area contributed by atoms with Crippen LogP contribution in [0.1, 0.15) is 5.69 Å². The van der Waals surface area contributed by atoms with Gasteiger partial charge < -0.3 is 10.3 Å². The van der Waals surface area contributed by atoms with Gasteiger partial charge in [0, 0.05) is 11.9 Å². The zero-order valence-electron chi connectivity index (χ0n) is 9.08. The summed E-state index contributed by atoms with van der Waals surface area (Å²) in [4.78, 5) is 0. The van der Waals surface area contributed by atoms with Crippen LogP contribution in [-0.2, 0) is 0 Å². The first-order chi connectivity index (χ1) is 8.27. The van der Waals surface area contributed by atoms with Crippen LogP contribution in [0.2, 0.25) is 0 Å². The molecule has 0 aliphatic carbocycles. The fourth-order valence-electron chi connectivity index (χ4n) is 1.49. The molecular weight excluding hydrogens is 232 g/mol. The van der Waals surface area contributed by atoms with Gasteiger partial charge in [-0.1, -0.05) is 18.2 Å². The molecule has 2 rings (SSSR count). The molecule has 2 aromatic rings. The molecule has 3 N–H and O–H groups in total. The van der Waals surface area contributed by atoms with Gasteiger partial charge in [-0.3, -0.25) is 5.43 Å². The van der Waals surface area contributed by atoms with Gasteiger partial charge in [0.2, 0.25) is 0 Å². The Bertz CT molecular complexity index is 530. The van der Waals surface area contributed by atoms with E-state index in [1.165, 1.54) is 0 Å². The van der Waals surface area contributed by atoms with Crippen LogP contribution in [0.3, 0.4) is 0 Å². The molecular formula is C12H12N4S. The lowest BCUT2D eigenvalue weighted by Crippen LogP contribution is -2.24. The van der Waals surface area contributed by atoms with Gasteiger partial charge in [0.25, 0.3) is 0 Å². The Labute approximate surface area is 105 Å². The van der Waals surface area contributed by atoms with Crippen molar-refractivity contribution in [1.29, 1.82) is 0 Å². The van der Waals surface area contributed by atoms with Gasteiger partial charge >= 0.3 is 0 Å². The molecule has 86 valence electrons. The fourth-order valence-corrected chi connectivity index (χ4v) is 1.54. The zero-order chi connectivity index (χ0) is 12.1. The van der Waals surface area contributed by atoms with E-state index in [9.17, 15) is 0 Å². The molecule has 1 aromatic carbocycles. The monoisotopic (exact) mass is 244 g/mol. The molecule has 17 heavy (non-hydrogen) atoms. The predicted octanol–water partition coefficient (Wildman–Crippen LogP) is 1.64. The molecule has 1 heterocycles. The van der Waals surface area contributed by atoms with Crippen LogP contribution in [0.25, 0.3) is 5.69 Å². The second-order valence-electron chi connectivity index (χ2n) is 3.37. The van der Waals surface area contributed by atoms with E-state index in [0.717, 1.165) is 11.4 Å². The maximum absolute atomic E-state index is 5.28. The van der Waals surface area contributed by atoms with E-state index in [1.807, 2.05) is 53.2 Å². The fraction of sp³-hybridized carbons (Fsp3) is 0. The van der Waals surface area contributed by atoms with Gasteiger partial charge in [0.1, 0.15) is 0 Å². The Morgan fingerprint density at radius 2 is 2.00 bits per heavy atom. The minimum Gasteiger partial charge on any atom is -0.375 e. The largest absolute Gasteiger partial charge is 0.375 e. The average Bonchev–Trinajstić information content (AvgIpc) is 2.78. The number of para-hydroxylation sites is 1. The first kappa shape index (κ1) is 11.3. The van der Waals surface area contributed by atoms with Crippen molar-refractivity contribution in [3.8, 4) is 5.69 Å². The molecule has 5 heteroatoms. The van der Waals surface area contributed by atoms with Crippen LogP contribution in [0.5, 0.6) is 0 Å². The predicted molar refractivity (Wildman–Crippen MR) is 73.3 cm³/mol. The highest BCUT2D eigenvalue weighted by Gasteiger charge is 1.99. The molecule has 0 saturated heterocycles. The summed E-state index contributed by atoms with van der Waals surface area (Å²) in [6.07, 6.45) is 3.64. The van der Waals surface area contributed by atoms with Gasteiger partial charge in [0.05, 0.1) is 11.9 Å². The Balaban J connectivity index is 2.23. The summed E-state index contributed by atoms with van der Waals surface area (Å²) in [6.45, 7) is 0. The third-order valence-corrected chi connectivity index (χ3v) is 2.28. The van der Waals surface area contributed by atoms with E-state index in [0.29, 0.717) is 0 Å². The summed E-state index contributed by atoms with van der Waals surface area (Å²) in [5.41, 5.74) is 9.83. The molecule has 0 unspecified atom stereocenters. The number of nitrogens with two attached hydrogens (primary N) is 1. The highest BCUT2D eigenvalue weighted by molar-refractivity contribution is 7.80. The summed E-state index contributed by atoms with van der Waals surface area (Å²) in [7, 11) is 0. The Morgan fingerprint density at radius 3 is 2.71 bits per heavy atom. The van der Waals surface area contributed by atoms with Gasteiger partial charge in [-0.15, -0.1) is 0 Å². The Kier molecular flexibility index (Phi) is 3.52. The van der Waals surface area contributed by atoms with Crippen LogP contribution in [0.15, 0.2) is 53.8 Å². The number of thiocarbonyl (C=S) groups is 1. The topological polar surface area (TPSA) is 55.3 Å². The van der Waals surface area contributed by atoms with E-state index < -0.39 is 0 Å². The first-order valence-electron chi connectivity index (χ1n) is 5.08. The minimum absolute atomic E-state index is 0.152. The number of nitrogens with zero attached hydrogens (tertiary/aromatic N) is 2. The third kappa shape index (κ3) is 2.92. The third-order valence-electron chi connectivity index (χ3n) is 2.19. The van der Waals surface area contributed by atoms with Crippen molar-refractivity contribution in [2.24, 2.45) is 10.8 Å². The summed E-state index contributed by atoms with van der Waals surface area (Å²) in [6, 6.07) is 13.9. The average molecular weight is 244 g/mol. The van der Waals surface area contributed by atoms with Gasteiger partial charge in [-0.2, -0.15) is 5.10 Å². The summed E-state index contributed by atoms with van der Waals surface area (Å²) in [5.74, 6) is 0. The highest BCUT2D eigenvalue weighted by atomic mass is 32.1. The van der Waals surface area contributed by atoms with Crippen molar-refractivity contribution in [1.82, 2.24) is 9.99 Å².